The van der Waals surface area contributed by atoms with Crippen molar-refractivity contribution in [3.05, 3.63) is 35.4 Å². The smallest absolute Gasteiger partial charge is 0.178 e. The fourth-order valence-electron chi connectivity index (χ4n) is 1.52. The van der Waals surface area contributed by atoms with Crippen LogP contribution in [0, 0.1) is 16.7 Å². The summed E-state index contributed by atoms with van der Waals surface area (Å²) in [5.74, 6) is -1.17. The van der Waals surface area contributed by atoms with Crippen molar-refractivity contribution < 1.29 is 19.4 Å². The number of carbonyl (C=O) groups excluding carboxylic acids is 2. The van der Waals surface area contributed by atoms with E-state index in [0.717, 1.165) is 0 Å². The minimum atomic E-state index is -1.30. The van der Waals surface area contributed by atoms with Crippen molar-refractivity contribution in [2.75, 3.05) is 6.61 Å². The second-order valence-corrected chi connectivity index (χ2v) is 5.48. The van der Waals surface area contributed by atoms with Gasteiger partial charge in [0.2, 0.25) is 0 Å². The Hall–Kier alpha value is -2.61. The SMILES string of the molecule is CC(C)(C)C(=O)/C(C#N)=C/c1ccc(OCC(=O)[O-])cc1. The van der Waals surface area contributed by atoms with E-state index in [2.05, 4.69) is 0 Å². The molecule has 1 aromatic rings. The molecule has 0 N–H and O–H groups in total. The monoisotopic (exact) mass is 286 g/mol. The third-order valence-corrected chi connectivity index (χ3v) is 2.59. The second-order valence-electron chi connectivity index (χ2n) is 5.48. The highest BCUT2D eigenvalue weighted by Gasteiger charge is 2.24. The Kier molecular flexibility index (Phi) is 5.25. The van der Waals surface area contributed by atoms with Gasteiger partial charge in [-0.3, -0.25) is 4.79 Å². The van der Waals surface area contributed by atoms with Crippen molar-refractivity contribution in [1.29, 1.82) is 5.26 Å². The number of hydrogen-bond acceptors (Lipinski definition) is 5. The van der Waals surface area contributed by atoms with Gasteiger partial charge in [-0.1, -0.05) is 32.9 Å². The number of hydrogen-bond donors (Lipinski definition) is 0. The normalized spacial score (nSPS) is 11.6. The first-order chi connectivity index (χ1) is 9.74. The summed E-state index contributed by atoms with van der Waals surface area (Å²) in [6.45, 7) is 4.72. The molecule has 1 aromatic carbocycles. The predicted octanol–water partition coefficient (Wildman–Crippen LogP) is 1.34. The molecular formula is C16H16NO4-. The predicted molar refractivity (Wildman–Crippen MR) is 75.0 cm³/mol. The highest BCUT2D eigenvalue weighted by molar-refractivity contribution is 6.06. The Balaban J connectivity index is 2.91. The standard InChI is InChI=1S/C16H17NO4/c1-16(2,3)15(20)12(9-17)8-11-4-6-13(7-5-11)21-10-14(18)19/h4-8H,10H2,1-3H3,(H,18,19)/p-1/b12-8+. The van der Waals surface area contributed by atoms with E-state index in [1.54, 1.807) is 45.0 Å². The van der Waals surface area contributed by atoms with E-state index >= 15 is 0 Å². The Labute approximate surface area is 123 Å². The van der Waals surface area contributed by atoms with E-state index in [1.807, 2.05) is 6.07 Å². The zero-order valence-corrected chi connectivity index (χ0v) is 12.2. The average Bonchev–Trinajstić information content (AvgIpc) is 2.42. The fourth-order valence-corrected chi connectivity index (χ4v) is 1.52. The van der Waals surface area contributed by atoms with Crippen molar-refractivity contribution in [1.82, 2.24) is 0 Å². The van der Waals surface area contributed by atoms with E-state index in [4.69, 9.17) is 10.00 Å². The van der Waals surface area contributed by atoms with E-state index in [1.165, 1.54) is 6.08 Å². The van der Waals surface area contributed by atoms with Crippen LogP contribution < -0.4 is 9.84 Å². The van der Waals surface area contributed by atoms with E-state index in [9.17, 15) is 14.7 Å². The van der Waals surface area contributed by atoms with Gasteiger partial charge in [0.1, 0.15) is 18.4 Å². The summed E-state index contributed by atoms with van der Waals surface area (Å²) >= 11 is 0. The molecule has 0 fully saturated rings. The van der Waals surface area contributed by atoms with Crippen LogP contribution in [0.3, 0.4) is 0 Å². The minimum absolute atomic E-state index is 0.0749. The molecule has 0 atom stereocenters. The molecule has 0 bridgehead atoms. The molecule has 0 saturated carbocycles. The zero-order chi connectivity index (χ0) is 16.0. The Morgan fingerprint density at radius 3 is 2.29 bits per heavy atom. The van der Waals surface area contributed by atoms with Gasteiger partial charge in [-0.15, -0.1) is 0 Å². The number of ether oxygens (including phenoxy) is 1. The zero-order valence-electron chi connectivity index (χ0n) is 12.2. The number of benzene rings is 1. The molecule has 0 spiro atoms. The number of carboxylic acids is 1. The van der Waals surface area contributed by atoms with Crippen LogP contribution in [0.15, 0.2) is 29.8 Å². The van der Waals surface area contributed by atoms with Gasteiger partial charge in [-0.05, 0) is 23.8 Å². The van der Waals surface area contributed by atoms with Gasteiger partial charge in [0.25, 0.3) is 0 Å². The molecule has 0 aliphatic rings. The number of carboxylic acid groups (broad SMARTS) is 1. The third-order valence-electron chi connectivity index (χ3n) is 2.59. The molecule has 5 nitrogen and oxygen atoms in total. The van der Waals surface area contributed by atoms with Gasteiger partial charge < -0.3 is 14.6 Å². The maximum Gasteiger partial charge on any atom is 0.178 e. The molecule has 1 rings (SSSR count). The maximum absolute atomic E-state index is 12.1. The van der Waals surface area contributed by atoms with Crippen LogP contribution in [0.4, 0.5) is 0 Å². The molecular weight excluding hydrogens is 270 g/mol. The lowest BCUT2D eigenvalue weighted by Gasteiger charge is -2.15. The van der Waals surface area contributed by atoms with Crippen molar-refractivity contribution >= 4 is 17.8 Å². The number of carbonyl (C=O) groups is 2. The van der Waals surface area contributed by atoms with Crippen molar-refractivity contribution in [3.8, 4) is 11.8 Å². The van der Waals surface area contributed by atoms with E-state index < -0.39 is 18.0 Å². The van der Waals surface area contributed by atoms with Crippen LogP contribution in [0.2, 0.25) is 0 Å². The van der Waals surface area contributed by atoms with Crippen LogP contribution >= 0.6 is 0 Å². The molecule has 0 aliphatic carbocycles. The quantitative estimate of drug-likeness (QED) is 0.601. The Morgan fingerprint density at radius 1 is 1.29 bits per heavy atom. The summed E-state index contributed by atoms with van der Waals surface area (Å²) in [4.78, 5) is 22.3. The van der Waals surface area contributed by atoms with Crippen molar-refractivity contribution in [2.45, 2.75) is 20.8 Å². The number of allylic oxidation sites excluding steroid dienone is 1. The first-order valence-electron chi connectivity index (χ1n) is 6.33. The van der Waals surface area contributed by atoms with Crippen LogP contribution in [0.5, 0.6) is 5.75 Å². The van der Waals surface area contributed by atoms with E-state index in [0.29, 0.717) is 11.3 Å². The lowest BCUT2D eigenvalue weighted by Crippen LogP contribution is -2.28. The molecule has 0 unspecified atom stereocenters. The Bertz CT molecular complexity index is 601. The van der Waals surface area contributed by atoms with Crippen LogP contribution in [-0.2, 0) is 9.59 Å². The van der Waals surface area contributed by atoms with Gasteiger partial charge in [-0.25, -0.2) is 0 Å². The minimum Gasteiger partial charge on any atom is -0.546 e. The molecule has 110 valence electrons. The molecule has 0 saturated heterocycles. The first-order valence-corrected chi connectivity index (χ1v) is 6.33. The first kappa shape index (κ1) is 16.4. The van der Waals surface area contributed by atoms with Gasteiger partial charge in [-0.2, -0.15) is 5.26 Å². The summed E-state index contributed by atoms with van der Waals surface area (Å²) in [6, 6.07) is 8.30. The van der Waals surface area contributed by atoms with Gasteiger partial charge in [0, 0.05) is 5.41 Å². The number of nitrogens with zero attached hydrogens (tertiary/aromatic N) is 1. The number of rotatable bonds is 5. The summed E-state index contributed by atoms with van der Waals surface area (Å²) in [7, 11) is 0. The second kappa shape index (κ2) is 6.71. The van der Waals surface area contributed by atoms with Gasteiger partial charge >= 0.3 is 0 Å². The molecule has 0 aromatic heterocycles. The molecule has 0 radical (unpaired) electrons. The lowest BCUT2D eigenvalue weighted by atomic mass is 9.86. The number of aliphatic carboxylic acids is 1. The molecule has 0 amide bonds. The van der Waals surface area contributed by atoms with Crippen LogP contribution in [0.25, 0.3) is 6.08 Å². The molecule has 0 aliphatic heterocycles. The van der Waals surface area contributed by atoms with Crippen molar-refractivity contribution in [2.24, 2.45) is 5.41 Å². The number of nitriles is 1. The fraction of sp³-hybridized carbons (Fsp3) is 0.312. The molecule has 5 heteroatoms. The lowest BCUT2D eigenvalue weighted by molar-refractivity contribution is -0.307. The Morgan fingerprint density at radius 2 is 1.86 bits per heavy atom. The maximum atomic E-state index is 12.1. The van der Waals surface area contributed by atoms with Gasteiger partial charge in [0.15, 0.2) is 5.78 Å². The van der Waals surface area contributed by atoms with Crippen LogP contribution in [0.1, 0.15) is 26.3 Å². The summed E-state index contributed by atoms with van der Waals surface area (Å²) in [5.41, 5.74) is 0.106. The summed E-state index contributed by atoms with van der Waals surface area (Å²) < 4.78 is 4.94. The topological polar surface area (TPSA) is 90.2 Å². The molecule has 21 heavy (non-hydrogen) atoms. The highest BCUT2D eigenvalue weighted by atomic mass is 16.5. The summed E-state index contributed by atoms with van der Waals surface area (Å²) in [6.07, 6.45) is 1.50. The van der Waals surface area contributed by atoms with E-state index in [-0.39, 0.29) is 11.4 Å². The van der Waals surface area contributed by atoms with Gasteiger partial charge in [0.05, 0.1) is 11.5 Å². The number of ketones is 1. The van der Waals surface area contributed by atoms with Crippen molar-refractivity contribution in [3.63, 3.8) is 0 Å². The average molecular weight is 286 g/mol. The highest BCUT2D eigenvalue weighted by Crippen LogP contribution is 2.22. The largest absolute Gasteiger partial charge is 0.546 e. The van der Waals surface area contributed by atoms with Crippen LogP contribution in [-0.4, -0.2) is 18.4 Å². The summed E-state index contributed by atoms with van der Waals surface area (Å²) in [5, 5.41) is 19.4. The molecule has 0 heterocycles. The third kappa shape index (κ3) is 5.11. The number of Topliss-reactive ketones (excluding diaryl/α,β-unsaturated/α-hetero) is 1.